The highest BCUT2D eigenvalue weighted by Crippen LogP contribution is 2.18. The fraction of sp³-hybridized carbons (Fsp3) is 0.111. The maximum absolute atomic E-state index is 11.9. The van der Waals surface area contributed by atoms with Crippen LogP contribution in [0, 0.1) is 6.92 Å². The Morgan fingerprint density at radius 3 is 2.46 bits per heavy atom. The van der Waals surface area contributed by atoms with Crippen molar-refractivity contribution in [1.82, 2.24) is 5.32 Å². The van der Waals surface area contributed by atoms with Gasteiger partial charge in [0.05, 0.1) is 11.4 Å². The number of nitrogens with one attached hydrogen (secondary N) is 2. The lowest BCUT2D eigenvalue weighted by molar-refractivity contribution is -0.121. The Morgan fingerprint density at radius 2 is 1.81 bits per heavy atom. The van der Waals surface area contributed by atoms with Crippen molar-refractivity contribution in [2.45, 2.75) is 11.8 Å². The molecule has 0 aliphatic carbocycles. The fourth-order valence-corrected chi connectivity index (χ4v) is 2.96. The van der Waals surface area contributed by atoms with Crippen molar-refractivity contribution in [2.24, 2.45) is 5.14 Å². The number of rotatable bonds is 6. The van der Waals surface area contributed by atoms with Gasteiger partial charge in [0.1, 0.15) is 0 Å². The summed E-state index contributed by atoms with van der Waals surface area (Å²) in [5.74, 6) is -0.909. The predicted octanol–water partition coefficient (Wildman–Crippen LogP) is 1.41. The number of aryl methyl sites for hydroxylation is 1. The summed E-state index contributed by atoms with van der Waals surface area (Å²) in [7, 11) is -3.88. The summed E-state index contributed by atoms with van der Waals surface area (Å²) < 4.78 is 23.0. The first-order chi connectivity index (χ1) is 12.3. The Bertz CT molecular complexity index is 938. The van der Waals surface area contributed by atoms with Crippen molar-refractivity contribution < 1.29 is 18.0 Å². The van der Waals surface area contributed by atoms with Gasteiger partial charge >= 0.3 is 0 Å². The highest BCUT2D eigenvalue weighted by molar-refractivity contribution is 7.89. The lowest BCUT2D eigenvalue weighted by Gasteiger charge is -2.09. The van der Waals surface area contributed by atoms with E-state index in [0.29, 0.717) is 5.56 Å². The minimum absolute atomic E-state index is 0.0647. The number of sulfonamides is 1. The quantitative estimate of drug-likeness (QED) is 0.663. The van der Waals surface area contributed by atoms with Crippen LogP contribution in [-0.4, -0.2) is 26.8 Å². The van der Waals surface area contributed by atoms with Gasteiger partial charge in [0.2, 0.25) is 21.8 Å². The first-order valence-electron chi connectivity index (χ1n) is 7.70. The van der Waals surface area contributed by atoms with Crippen LogP contribution in [-0.2, 0) is 19.6 Å². The molecule has 2 aromatic rings. The van der Waals surface area contributed by atoms with E-state index in [2.05, 4.69) is 10.6 Å². The van der Waals surface area contributed by atoms with Crippen LogP contribution in [0.3, 0.4) is 0 Å². The summed E-state index contributed by atoms with van der Waals surface area (Å²) in [5, 5.41) is 10.1. The molecule has 0 saturated heterocycles. The molecule has 136 valence electrons. The number of amides is 2. The van der Waals surface area contributed by atoms with E-state index >= 15 is 0 Å². The molecule has 0 saturated carbocycles. The molecule has 0 aliphatic heterocycles. The number of benzene rings is 2. The predicted molar refractivity (Wildman–Crippen MR) is 99.7 cm³/mol. The SMILES string of the molecule is Cc1ccc(NC(=O)CNC(=O)C=Cc2ccccc2)cc1S(N)(=O)=O. The Balaban J connectivity index is 1.91. The van der Waals surface area contributed by atoms with Gasteiger partial charge in [-0.1, -0.05) is 36.4 Å². The molecule has 0 unspecified atom stereocenters. The van der Waals surface area contributed by atoms with Gasteiger partial charge in [-0.15, -0.1) is 0 Å². The molecule has 2 rings (SSSR count). The normalized spacial score (nSPS) is 11.3. The van der Waals surface area contributed by atoms with Gasteiger partial charge in [0.25, 0.3) is 0 Å². The molecule has 7 nitrogen and oxygen atoms in total. The van der Waals surface area contributed by atoms with Crippen molar-refractivity contribution in [1.29, 1.82) is 0 Å². The zero-order valence-corrected chi connectivity index (χ0v) is 14.9. The molecule has 2 aromatic carbocycles. The topological polar surface area (TPSA) is 118 Å². The van der Waals surface area contributed by atoms with Crippen molar-refractivity contribution in [3.8, 4) is 0 Å². The highest BCUT2D eigenvalue weighted by Gasteiger charge is 2.13. The second-order valence-corrected chi connectivity index (χ2v) is 7.07. The maximum atomic E-state index is 11.9. The van der Waals surface area contributed by atoms with E-state index in [0.717, 1.165) is 5.56 Å². The van der Waals surface area contributed by atoms with E-state index in [1.54, 1.807) is 19.1 Å². The largest absolute Gasteiger partial charge is 0.343 e. The summed E-state index contributed by atoms with van der Waals surface area (Å²) in [4.78, 5) is 23.6. The Labute approximate surface area is 152 Å². The van der Waals surface area contributed by atoms with Crippen molar-refractivity contribution in [2.75, 3.05) is 11.9 Å². The summed E-state index contributed by atoms with van der Waals surface area (Å²) in [5.41, 5.74) is 1.62. The molecule has 0 aliphatic rings. The molecule has 8 heteroatoms. The number of hydrogen-bond donors (Lipinski definition) is 3. The van der Waals surface area contributed by atoms with Crippen molar-refractivity contribution in [3.63, 3.8) is 0 Å². The Morgan fingerprint density at radius 1 is 1.12 bits per heavy atom. The number of nitrogens with two attached hydrogens (primary N) is 1. The van der Waals surface area contributed by atoms with Gasteiger partial charge in [-0.25, -0.2) is 13.6 Å². The van der Waals surface area contributed by atoms with Crippen LogP contribution in [0.5, 0.6) is 0 Å². The third-order valence-corrected chi connectivity index (χ3v) is 4.48. The van der Waals surface area contributed by atoms with E-state index < -0.39 is 21.8 Å². The molecule has 0 atom stereocenters. The van der Waals surface area contributed by atoms with E-state index in [-0.39, 0.29) is 17.1 Å². The monoisotopic (exact) mass is 373 g/mol. The van der Waals surface area contributed by atoms with E-state index in [1.165, 1.54) is 18.2 Å². The Kier molecular flexibility index (Phi) is 6.26. The van der Waals surface area contributed by atoms with Crippen LogP contribution >= 0.6 is 0 Å². The molecule has 0 heterocycles. The van der Waals surface area contributed by atoms with E-state index in [4.69, 9.17) is 5.14 Å². The molecule has 26 heavy (non-hydrogen) atoms. The minimum Gasteiger partial charge on any atom is -0.343 e. The zero-order valence-electron chi connectivity index (χ0n) is 14.1. The molecule has 0 fully saturated rings. The zero-order chi connectivity index (χ0) is 19.2. The van der Waals surface area contributed by atoms with Gasteiger partial charge in [0, 0.05) is 11.8 Å². The van der Waals surface area contributed by atoms with Gasteiger partial charge in [0.15, 0.2) is 0 Å². The van der Waals surface area contributed by atoms with Gasteiger partial charge in [-0.05, 0) is 36.3 Å². The fourth-order valence-electron chi connectivity index (χ4n) is 2.15. The maximum Gasteiger partial charge on any atom is 0.244 e. The second-order valence-electron chi connectivity index (χ2n) is 5.54. The van der Waals surface area contributed by atoms with Crippen LogP contribution in [0.15, 0.2) is 59.5 Å². The molecule has 2 amide bonds. The summed E-state index contributed by atoms with van der Waals surface area (Å²) in [6.45, 7) is 1.35. The van der Waals surface area contributed by atoms with Crippen molar-refractivity contribution >= 4 is 33.6 Å². The average molecular weight is 373 g/mol. The number of carbonyl (C=O) groups is 2. The van der Waals surface area contributed by atoms with Crippen LogP contribution < -0.4 is 15.8 Å². The summed E-state index contributed by atoms with van der Waals surface area (Å²) in [6.07, 6.45) is 2.96. The third kappa shape index (κ3) is 5.83. The van der Waals surface area contributed by atoms with Gasteiger partial charge in [-0.2, -0.15) is 0 Å². The average Bonchev–Trinajstić information content (AvgIpc) is 2.60. The Hall–Kier alpha value is -2.97. The minimum atomic E-state index is -3.88. The molecule has 0 aromatic heterocycles. The van der Waals surface area contributed by atoms with Gasteiger partial charge in [-0.3, -0.25) is 9.59 Å². The molecule has 4 N–H and O–H groups in total. The third-order valence-electron chi connectivity index (χ3n) is 3.43. The molecular formula is C18H19N3O4S. The van der Waals surface area contributed by atoms with Crippen LogP contribution in [0.4, 0.5) is 5.69 Å². The summed E-state index contributed by atoms with van der Waals surface area (Å²) in [6, 6.07) is 13.6. The summed E-state index contributed by atoms with van der Waals surface area (Å²) >= 11 is 0. The van der Waals surface area contributed by atoms with Crippen LogP contribution in [0.1, 0.15) is 11.1 Å². The number of hydrogen-bond acceptors (Lipinski definition) is 4. The lowest BCUT2D eigenvalue weighted by atomic mass is 10.2. The first-order valence-corrected chi connectivity index (χ1v) is 9.24. The van der Waals surface area contributed by atoms with Crippen molar-refractivity contribution in [3.05, 3.63) is 65.7 Å². The molecule has 0 radical (unpaired) electrons. The molecule has 0 spiro atoms. The van der Waals surface area contributed by atoms with E-state index in [1.807, 2.05) is 30.3 Å². The standard InChI is InChI=1S/C18H19N3O4S/c1-13-7-9-15(11-16(13)26(19,24)25)21-18(23)12-20-17(22)10-8-14-5-3-2-4-6-14/h2-11H,12H2,1H3,(H,20,22)(H,21,23)(H2,19,24,25). The lowest BCUT2D eigenvalue weighted by Crippen LogP contribution is -2.31. The number of primary sulfonamides is 1. The number of carbonyl (C=O) groups excluding carboxylic acids is 2. The molecular weight excluding hydrogens is 354 g/mol. The smallest absolute Gasteiger partial charge is 0.244 e. The van der Waals surface area contributed by atoms with E-state index in [9.17, 15) is 18.0 Å². The van der Waals surface area contributed by atoms with Crippen LogP contribution in [0.2, 0.25) is 0 Å². The van der Waals surface area contributed by atoms with Gasteiger partial charge < -0.3 is 10.6 Å². The number of anilines is 1. The van der Waals surface area contributed by atoms with Crippen LogP contribution in [0.25, 0.3) is 6.08 Å². The molecule has 0 bridgehead atoms. The highest BCUT2D eigenvalue weighted by atomic mass is 32.2. The first kappa shape index (κ1) is 19.4. The second kappa shape index (κ2) is 8.41.